The smallest absolute Gasteiger partial charge is 0.300 e. The zero-order valence-electron chi connectivity index (χ0n) is 4.89. The monoisotopic (exact) mass is 109 g/mol. The van der Waals surface area contributed by atoms with Gasteiger partial charge >= 0.3 is 0 Å². The summed E-state index contributed by atoms with van der Waals surface area (Å²) in [5.41, 5.74) is 4.50. The van der Waals surface area contributed by atoms with Crippen molar-refractivity contribution in [1.82, 2.24) is 0 Å². The molecule has 0 aromatic rings. The van der Waals surface area contributed by atoms with E-state index >= 15 is 0 Å². The largest absolute Gasteiger partial charge is 0.481 e. The minimum absolute atomic E-state index is 0. The summed E-state index contributed by atoms with van der Waals surface area (Å²) in [6.45, 7) is 1.17. The Morgan fingerprint density at radius 1 is 1.86 bits per heavy atom. The number of aliphatic carboxylic acids is 1. The van der Waals surface area contributed by atoms with Gasteiger partial charge in [-0.3, -0.25) is 4.79 Å². The van der Waals surface area contributed by atoms with E-state index in [0.717, 1.165) is 0 Å². The Hall–Kier alpha value is -0.570. The second kappa shape index (κ2) is 18.0. The fourth-order valence-electron chi connectivity index (χ4n) is 0. The van der Waals surface area contributed by atoms with Gasteiger partial charge in [0, 0.05) is 6.92 Å². The lowest BCUT2D eigenvalue weighted by Crippen LogP contribution is -1.78. The molecule has 0 aliphatic rings. The van der Waals surface area contributed by atoms with E-state index in [0.29, 0.717) is 0 Å². The molecule has 0 aliphatic carbocycles. The summed E-state index contributed by atoms with van der Waals surface area (Å²) in [5, 5.41) is 3.36. The standard InChI is InChI=1S/C2H4O2.CH5N.CH4/c1-2(3)4;1-2;/h1H3,(H,3,4);2H2,1H3;1H4/i/hT. The van der Waals surface area contributed by atoms with Crippen molar-refractivity contribution in [2.24, 2.45) is 5.73 Å². The maximum atomic E-state index is 9.40. The van der Waals surface area contributed by atoms with Gasteiger partial charge in [0.15, 0.2) is 0 Å². The van der Waals surface area contributed by atoms with Gasteiger partial charge in [0.05, 0.1) is 0 Å². The second-order valence-corrected chi connectivity index (χ2v) is 0.492. The summed E-state index contributed by atoms with van der Waals surface area (Å²) in [7, 11) is 1.50. The van der Waals surface area contributed by atoms with Gasteiger partial charge < -0.3 is 10.8 Å². The molecule has 0 saturated heterocycles. The highest BCUT2D eigenvalue weighted by Crippen LogP contribution is 1.42. The maximum Gasteiger partial charge on any atom is 0.300 e. The van der Waals surface area contributed by atoms with E-state index in [4.69, 9.17) is 1.43 Å². The Kier molecular flexibility index (Phi) is 24.9. The molecule has 0 aromatic carbocycles. The molecule has 0 saturated carbocycles. The van der Waals surface area contributed by atoms with Crippen molar-refractivity contribution in [2.75, 3.05) is 7.05 Å². The molecule has 0 aliphatic heterocycles. The molecule has 0 amide bonds. The van der Waals surface area contributed by atoms with Gasteiger partial charge in [-0.05, 0) is 7.05 Å². The number of carboxylic acids is 1. The fourth-order valence-corrected chi connectivity index (χ4v) is 0. The van der Waals surface area contributed by atoms with Crippen molar-refractivity contribution < 1.29 is 9.90 Å². The minimum atomic E-state index is -0.579. The van der Waals surface area contributed by atoms with Crippen molar-refractivity contribution in [2.45, 2.75) is 14.4 Å². The molecule has 7 heavy (non-hydrogen) atoms. The number of carboxylic acid groups (broad SMARTS) is 1. The predicted octanol–water partition coefficient (Wildman–Crippen LogP) is 0.302. The third kappa shape index (κ3) is 197. The molecule has 0 heterocycles. The fraction of sp³-hybridized carbons (Fsp3) is 0.750. The quantitative estimate of drug-likeness (QED) is 0.470. The van der Waals surface area contributed by atoms with Crippen LogP contribution in [0.5, 0.6) is 0 Å². The molecule has 46 valence electrons. The first kappa shape index (κ1) is 9.66. The molecule has 0 bridgehead atoms. The summed E-state index contributed by atoms with van der Waals surface area (Å²) < 4.78 is 5.81. The van der Waals surface area contributed by atoms with E-state index in [1.54, 1.807) is 0 Å². The van der Waals surface area contributed by atoms with Gasteiger partial charge in [-0.15, -0.1) is 0 Å². The Morgan fingerprint density at radius 3 is 2.00 bits per heavy atom. The molecule has 3 nitrogen and oxygen atoms in total. The van der Waals surface area contributed by atoms with Gasteiger partial charge in [-0.1, -0.05) is 7.43 Å². The second-order valence-electron chi connectivity index (χ2n) is 0.492. The minimum Gasteiger partial charge on any atom is -0.481 e. The Balaban J connectivity index is -0.0000000750. The average Bonchev–Trinajstić information content (AvgIpc) is 1.73. The molecule has 3 heteroatoms. The highest BCUT2D eigenvalue weighted by molar-refractivity contribution is 5.62. The average molecular weight is 109 g/mol. The van der Waals surface area contributed by atoms with E-state index in [1.165, 1.54) is 14.0 Å². The molecular formula is C4H13NO2. The first-order valence-electron chi connectivity index (χ1n) is 1.89. The summed E-state index contributed by atoms with van der Waals surface area (Å²) in [5.74, 6) is -0.579. The van der Waals surface area contributed by atoms with Crippen molar-refractivity contribution in [3.05, 3.63) is 0 Å². The topological polar surface area (TPSA) is 63.3 Å². The van der Waals surface area contributed by atoms with E-state index < -0.39 is 5.97 Å². The number of hydrogen-bond acceptors (Lipinski definition) is 3. The first-order valence-corrected chi connectivity index (χ1v) is 1.49. The van der Waals surface area contributed by atoms with Crippen LogP contribution in [0.3, 0.4) is 0 Å². The lowest BCUT2D eigenvalue weighted by Gasteiger charge is -1.59. The Labute approximate surface area is 45.6 Å². The molecular weight excluding hydrogens is 94.0 g/mol. The Morgan fingerprint density at radius 2 is 2.00 bits per heavy atom. The van der Waals surface area contributed by atoms with Crippen LogP contribution < -0.4 is 5.73 Å². The molecule has 0 radical (unpaired) electrons. The van der Waals surface area contributed by atoms with Gasteiger partial charge in [-0.2, -0.15) is 0 Å². The number of carbonyl (C=O) groups is 1. The maximum absolute atomic E-state index is 9.40. The van der Waals surface area contributed by atoms with Crippen molar-refractivity contribution >= 4 is 5.97 Å². The third-order valence-electron chi connectivity index (χ3n) is 0. The summed E-state index contributed by atoms with van der Waals surface area (Å²) in [6, 6.07) is 0. The van der Waals surface area contributed by atoms with Crippen LogP contribution in [-0.2, 0) is 4.79 Å². The summed E-state index contributed by atoms with van der Waals surface area (Å²) in [4.78, 5) is 9.40. The van der Waals surface area contributed by atoms with Crippen molar-refractivity contribution in [3.8, 4) is 0 Å². The molecule has 0 rings (SSSR count). The molecule has 0 atom stereocenters. The first-order chi connectivity index (χ1) is 3.27. The van der Waals surface area contributed by atoms with Crippen LogP contribution in [0.2, 0.25) is 0 Å². The summed E-state index contributed by atoms with van der Waals surface area (Å²) >= 11 is 0. The molecule has 3 N–H and O–H groups in total. The predicted molar refractivity (Wildman–Crippen MR) is 30.2 cm³/mol. The molecule has 0 spiro atoms. The lowest BCUT2D eigenvalue weighted by molar-refractivity contribution is -0.134. The number of nitrogens with two attached hydrogens (primary N) is 1. The van der Waals surface area contributed by atoms with Crippen LogP contribution in [-0.4, -0.2) is 18.1 Å². The van der Waals surface area contributed by atoms with Crippen molar-refractivity contribution in [3.63, 3.8) is 0 Å². The highest BCUT2D eigenvalue weighted by Gasteiger charge is 1.65. The van der Waals surface area contributed by atoms with E-state index in [2.05, 4.69) is 10.8 Å². The van der Waals surface area contributed by atoms with Crippen LogP contribution in [0.15, 0.2) is 0 Å². The molecule has 0 fully saturated rings. The SMILES string of the molecule is C.CN.[3H]OC(C)=O. The lowest BCUT2D eigenvalue weighted by atomic mass is 10.9. The van der Waals surface area contributed by atoms with E-state index in [-0.39, 0.29) is 7.43 Å². The zero-order chi connectivity index (χ0) is 6.28. The molecule has 0 aromatic heterocycles. The zero-order valence-corrected chi connectivity index (χ0v) is 3.89. The van der Waals surface area contributed by atoms with Crippen LogP contribution in [0.4, 0.5) is 0 Å². The van der Waals surface area contributed by atoms with E-state index in [1.807, 2.05) is 0 Å². The van der Waals surface area contributed by atoms with Gasteiger partial charge in [0.2, 0.25) is 0 Å². The summed E-state index contributed by atoms with van der Waals surface area (Å²) in [6.07, 6.45) is 0. The van der Waals surface area contributed by atoms with Gasteiger partial charge in [-0.25, -0.2) is 0 Å². The Bertz CT molecular complexity index is 49.3. The highest BCUT2D eigenvalue weighted by atomic mass is 16.4. The van der Waals surface area contributed by atoms with Gasteiger partial charge in [0.1, 0.15) is 0 Å². The van der Waals surface area contributed by atoms with Crippen LogP contribution >= 0.6 is 0 Å². The van der Waals surface area contributed by atoms with Crippen molar-refractivity contribution in [1.29, 1.82) is 1.43 Å². The molecule has 0 unspecified atom stereocenters. The van der Waals surface area contributed by atoms with Crippen LogP contribution in [0, 0.1) is 0 Å². The number of rotatable bonds is 0. The van der Waals surface area contributed by atoms with Crippen LogP contribution in [0.25, 0.3) is 1.43 Å². The van der Waals surface area contributed by atoms with Crippen LogP contribution in [0.1, 0.15) is 14.4 Å². The van der Waals surface area contributed by atoms with Gasteiger partial charge in [0.25, 0.3) is 7.40 Å². The number of hydrogen-bond donors (Lipinski definition) is 2. The normalized spacial score (nSPS) is 5.86. The third-order valence-corrected chi connectivity index (χ3v) is 0. The van der Waals surface area contributed by atoms with E-state index in [9.17, 15) is 4.79 Å².